The number of hydrogen-bond acceptors (Lipinski definition) is 5. The van der Waals surface area contributed by atoms with E-state index in [1.54, 1.807) is 0 Å². The predicted octanol–water partition coefficient (Wildman–Crippen LogP) is 1.87. The molecule has 0 N–H and O–H groups in total. The molecule has 0 spiro atoms. The molecule has 21 heavy (non-hydrogen) atoms. The van der Waals surface area contributed by atoms with Crippen molar-refractivity contribution < 1.29 is 14.3 Å². The first-order valence-corrected chi connectivity index (χ1v) is 7.10. The van der Waals surface area contributed by atoms with Crippen molar-refractivity contribution in [3.8, 4) is 0 Å². The summed E-state index contributed by atoms with van der Waals surface area (Å²) in [6, 6.07) is 9.07. The summed E-state index contributed by atoms with van der Waals surface area (Å²) in [6.45, 7) is 4.09. The topological polar surface area (TPSA) is 51.1 Å². The first-order chi connectivity index (χ1) is 9.99. The van der Waals surface area contributed by atoms with Crippen molar-refractivity contribution in [3.63, 3.8) is 0 Å². The highest BCUT2D eigenvalue weighted by molar-refractivity contribution is 5.89. The Morgan fingerprint density at radius 1 is 1.38 bits per heavy atom. The fourth-order valence-electron chi connectivity index (χ4n) is 2.01. The number of benzene rings is 1. The lowest BCUT2D eigenvalue weighted by Crippen LogP contribution is -2.34. The van der Waals surface area contributed by atoms with Gasteiger partial charge in [-0.25, -0.2) is 9.79 Å². The van der Waals surface area contributed by atoms with Crippen LogP contribution in [-0.2, 0) is 20.9 Å². The van der Waals surface area contributed by atoms with Gasteiger partial charge in [0.15, 0.2) is 6.04 Å². The lowest BCUT2D eigenvalue weighted by atomic mass is 10.2. The molecular weight excluding hydrogens is 268 g/mol. The van der Waals surface area contributed by atoms with Gasteiger partial charge in [-0.05, 0) is 33.5 Å². The van der Waals surface area contributed by atoms with Crippen LogP contribution in [0.25, 0.3) is 0 Å². The minimum Gasteiger partial charge on any atom is -0.474 e. The number of esters is 1. The van der Waals surface area contributed by atoms with E-state index in [0.29, 0.717) is 5.90 Å². The molecule has 0 fully saturated rings. The van der Waals surface area contributed by atoms with E-state index < -0.39 is 6.04 Å². The fraction of sp³-hybridized carbons (Fsp3) is 0.500. The molecular formula is C16H22N2O3. The number of rotatable bonds is 5. The Kier molecular flexibility index (Phi) is 4.96. The SMILES string of the molecule is C[C@H]1OC([C@H](C)N(C)C)=N[C@@H]1C(=O)OCc1ccccc1. The van der Waals surface area contributed by atoms with E-state index in [2.05, 4.69) is 4.99 Å². The molecule has 1 aliphatic heterocycles. The van der Waals surface area contributed by atoms with E-state index >= 15 is 0 Å². The van der Waals surface area contributed by atoms with Crippen molar-refractivity contribution in [1.82, 2.24) is 4.90 Å². The molecule has 0 saturated heterocycles. The third-order valence-electron chi connectivity index (χ3n) is 3.61. The van der Waals surface area contributed by atoms with Crippen molar-refractivity contribution >= 4 is 11.9 Å². The Labute approximate surface area is 125 Å². The smallest absolute Gasteiger partial charge is 0.335 e. The van der Waals surface area contributed by atoms with Crippen LogP contribution in [0.1, 0.15) is 19.4 Å². The summed E-state index contributed by atoms with van der Waals surface area (Å²) in [7, 11) is 3.89. The van der Waals surface area contributed by atoms with E-state index in [4.69, 9.17) is 9.47 Å². The lowest BCUT2D eigenvalue weighted by molar-refractivity contribution is -0.147. The Bertz CT molecular complexity index is 514. The van der Waals surface area contributed by atoms with Gasteiger partial charge >= 0.3 is 5.97 Å². The van der Waals surface area contributed by atoms with Crippen LogP contribution in [0.4, 0.5) is 0 Å². The molecule has 0 aromatic heterocycles. The lowest BCUT2D eigenvalue weighted by Gasteiger charge is -2.19. The molecule has 0 bridgehead atoms. The highest BCUT2D eigenvalue weighted by Crippen LogP contribution is 2.18. The quantitative estimate of drug-likeness (QED) is 0.777. The van der Waals surface area contributed by atoms with E-state index in [-0.39, 0.29) is 24.7 Å². The molecule has 5 nitrogen and oxygen atoms in total. The van der Waals surface area contributed by atoms with Crippen LogP contribution < -0.4 is 0 Å². The van der Waals surface area contributed by atoms with Gasteiger partial charge in [-0.15, -0.1) is 0 Å². The van der Waals surface area contributed by atoms with Crippen molar-refractivity contribution in [2.45, 2.75) is 38.6 Å². The molecule has 1 aromatic carbocycles. The first-order valence-electron chi connectivity index (χ1n) is 7.10. The molecule has 0 aliphatic carbocycles. The summed E-state index contributed by atoms with van der Waals surface area (Å²) in [5.74, 6) is 0.251. The van der Waals surface area contributed by atoms with E-state index in [1.807, 2.05) is 63.2 Å². The average Bonchev–Trinajstić information content (AvgIpc) is 2.87. The second-order valence-electron chi connectivity index (χ2n) is 5.47. The molecule has 0 radical (unpaired) electrons. The molecule has 0 unspecified atom stereocenters. The molecule has 0 saturated carbocycles. The van der Waals surface area contributed by atoms with Crippen LogP contribution in [0.2, 0.25) is 0 Å². The summed E-state index contributed by atoms with van der Waals surface area (Å²) in [5, 5.41) is 0. The molecule has 1 aliphatic rings. The Balaban J connectivity index is 1.96. The Morgan fingerprint density at radius 2 is 2.05 bits per heavy atom. The van der Waals surface area contributed by atoms with Crippen LogP contribution in [0.5, 0.6) is 0 Å². The Morgan fingerprint density at radius 3 is 2.67 bits per heavy atom. The van der Waals surface area contributed by atoms with Crippen LogP contribution in [-0.4, -0.2) is 49.0 Å². The van der Waals surface area contributed by atoms with E-state index in [9.17, 15) is 4.79 Å². The number of likely N-dealkylation sites (N-methyl/N-ethyl adjacent to an activating group) is 1. The van der Waals surface area contributed by atoms with Crippen LogP contribution in [0, 0.1) is 0 Å². The van der Waals surface area contributed by atoms with Crippen molar-refractivity contribution in [1.29, 1.82) is 0 Å². The molecule has 1 heterocycles. The van der Waals surface area contributed by atoms with E-state index in [1.165, 1.54) is 0 Å². The number of carbonyl (C=O) groups excluding carboxylic acids is 1. The van der Waals surface area contributed by atoms with Crippen molar-refractivity contribution in [3.05, 3.63) is 35.9 Å². The molecule has 2 rings (SSSR count). The molecule has 5 heteroatoms. The van der Waals surface area contributed by atoms with Crippen molar-refractivity contribution in [2.24, 2.45) is 4.99 Å². The summed E-state index contributed by atoms with van der Waals surface area (Å²) < 4.78 is 11.0. The maximum absolute atomic E-state index is 12.1. The van der Waals surface area contributed by atoms with Gasteiger partial charge in [0, 0.05) is 0 Å². The van der Waals surface area contributed by atoms with Gasteiger partial charge in [0.25, 0.3) is 0 Å². The zero-order valence-corrected chi connectivity index (χ0v) is 12.9. The molecule has 3 atom stereocenters. The van der Waals surface area contributed by atoms with Gasteiger partial charge in [-0.3, -0.25) is 4.90 Å². The van der Waals surface area contributed by atoms with Gasteiger partial charge in [-0.2, -0.15) is 0 Å². The Hall–Kier alpha value is -1.88. The van der Waals surface area contributed by atoms with Gasteiger partial charge in [0.1, 0.15) is 12.7 Å². The molecule has 1 aromatic rings. The standard InChI is InChI=1S/C16H22N2O3/c1-11(18(3)4)15-17-14(12(2)21-15)16(19)20-10-13-8-6-5-7-9-13/h5-9,11-12,14H,10H2,1-4H3/t11-,12+,14-/m0/s1. The second kappa shape index (κ2) is 6.72. The zero-order chi connectivity index (χ0) is 15.4. The minimum atomic E-state index is -0.578. The number of carbonyl (C=O) groups is 1. The third kappa shape index (κ3) is 3.82. The van der Waals surface area contributed by atoms with Gasteiger partial charge in [-0.1, -0.05) is 30.3 Å². The largest absolute Gasteiger partial charge is 0.474 e. The summed E-state index contributed by atoms with van der Waals surface area (Å²) in [4.78, 5) is 18.5. The predicted molar refractivity (Wildman–Crippen MR) is 81.2 cm³/mol. The second-order valence-corrected chi connectivity index (χ2v) is 5.47. The van der Waals surface area contributed by atoms with Gasteiger partial charge < -0.3 is 9.47 Å². The normalized spacial score (nSPS) is 22.6. The van der Waals surface area contributed by atoms with Crippen LogP contribution in [0.15, 0.2) is 35.3 Å². The maximum atomic E-state index is 12.1. The number of hydrogen-bond donors (Lipinski definition) is 0. The number of nitrogens with zero attached hydrogens (tertiary/aromatic N) is 2. The number of ether oxygens (including phenoxy) is 2. The van der Waals surface area contributed by atoms with Gasteiger partial charge in [0.2, 0.25) is 5.90 Å². The minimum absolute atomic E-state index is 0.0411. The highest BCUT2D eigenvalue weighted by Gasteiger charge is 2.36. The van der Waals surface area contributed by atoms with Crippen LogP contribution in [0.3, 0.4) is 0 Å². The fourth-order valence-corrected chi connectivity index (χ4v) is 2.01. The van der Waals surface area contributed by atoms with E-state index in [0.717, 1.165) is 5.56 Å². The zero-order valence-electron chi connectivity index (χ0n) is 12.9. The van der Waals surface area contributed by atoms with Gasteiger partial charge in [0.05, 0.1) is 6.04 Å². The summed E-state index contributed by atoms with van der Waals surface area (Å²) in [5.41, 5.74) is 0.961. The summed E-state index contributed by atoms with van der Waals surface area (Å²) >= 11 is 0. The maximum Gasteiger partial charge on any atom is 0.335 e. The van der Waals surface area contributed by atoms with Crippen LogP contribution >= 0.6 is 0 Å². The number of aliphatic imine (C=N–C) groups is 1. The monoisotopic (exact) mass is 290 g/mol. The highest BCUT2D eigenvalue weighted by atomic mass is 16.5. The molecule has 0 amide bonds. The van der Waals surface area contributed by atoms with Crippen molar-refractivity contribution in [2.75, 3.05) is 14.1 Å². The third-order valence-corrected chi connectivity index (χ3v) is 3.61. The average molecular weight is 290 g/mol. The first kappa shape index (κ1) is 15.5. The molecule has 114 valence electrons. The summed E-state index contributed by atoms with van der Waals surface area (Å²) in [6.07, 6.45) is -0.286.